The topological polar surface area (TPSA) is 87.1 Å². The van der Waals surface area contributed by atoms with Crippen LogP contribution in [0.2, 0.25) is 0 Å². The number of hydrogen-bond donors (Lipinski definition) is 2. The number of rotatable bonds is 4. The molecule has 0 bridgehead atoms. The maximum absolute atomic E-state index is 12.0. The Labute approximate surface area is 116 Å². The molecule has 0 aliphatic carbocycles. The van der Waals surface area contributed by atoms with Crippen LogP contribution in [-0.2, 0) is 9.59 Å². The number of carboxylic acids is 1. The average Bonchev–Trinajstić information content (AvgIpc) is 2.46. The normalized spacial score (nSPS) is 18.6. The number of ether oxygens (including phenoxy) is 1. The summed E-state index contributed by atoms with van der Waals surface area (Å²) in [6, 6.07) is 6.40. The van der Waals surface area contributed by atoms with Gasteiger partial charge in [0.1, 0.15) is 0 Å². The van der Waals surface area contributed by atoms with Crippen molar-refractivity contribution >= 4 is 11.9 Å². The molecule has 108 valence electrons. The molecule has 2 rings (SSSR count). The minimum Gasteiger partial charge on any atom is -0.504 e. The Balaban J connectivity index is 1.89. The van der Waals surface area contributed by atoms with Crippen LogP contribution in [0.3, 0.4) is 0 Å². The van der Waals surface area contributed by atoms with E-state index in [0.717, 1.165) is 0 Å². The lowest BCUT2D eigenvalue weighted by Gasteiger charge is -2.30. The summed E-state index contributed by atoms with van der Waals surface area (Å²) in [6.07, 6.45) is 1.28. The van der Waals surface area contributed by atoms with Crippen molar-refractivity contribution in [1.82, 2.24) is 4.90 Å². The number of benzene rings is 1. The number of carboxylic acid groups (broad SMARTS) is 1. The molecule has 1 aromatic carbocycles. The molecule has 6 nitrogen and oxygen atoms in total. The van der Waals surface area contributed by atoms with Crippen LogP contribution in [0.15, 0.2) is 24.3 Å². The van der Waals surface area contributed by atoms with Gasteiger partial charge in [-0.15, -0.1) is 0 Å². The number of phenolic OH excluding ortho intramolecular Hbond substituents is 1. The van der Waals surface area contributed by atoms with Crippen molar-refractivity contribution in [3.8, 4) is 11.5 Å². The van der Waals surface area contributed by atoms with Gasteiger partial charge in [-0.05, 0) is 25.0 Å². The van der Waals surface area contributed by atoms with E-state index in [9.17, 15) is 14.7 Å². The summed E-state index contributed by atoms with van der Waals surface area (Å²) >= 11 is 0. The molecule has 6 heteroatoms. The fraction of sp³-hybridized carbons (Fsp3) is 0.429. The van der Waals surface area contributed by atoms with Gasteiger partial charge in [-0.2, -0.15) is 0 Å². The fourth-order valence-corrected chi connectivity index (χ4v) is 2.22. The van der Waals surface area contributed by atoms with Crippen molar-refractivity contribution in [1.29, 1.82) is 0 Å². The van der Waals surface area contributed by atoms with Crippen molar-refractivity contribution in [2.45, 2.75) is 12.8 Å². The van der Waals surface area contributed by atoms with E-state index in [-0.39, 0.29) is 30.6 Å². The zero-order valence-electron chi connectivity index (χ0n) is 11.0. The zero-order valence-corrected chi connectivity index (χ0v) is 11.0. The Kier molecular flexibility index (Phi) is 4.45. The number of phenols is 1. The summed E-state index contributed by atoms with van der Waals surface area (Å²) in [5, 5.41) is 18.5. The SMILES string of the molecule is O=C(O)C1CCCN(C(=O)COc2ccccc2O)C1. The van der Waals surface area contributed by atoms with Gasteiger partial charge < -0.3 is 19.8 Å². The summed E-state index contributed by atoms with van der Waals surface area (Å²) in [5.74, 6) is -1.42. The molecule has 0 saturated carbocycles. The molecule has 1 atom stereocenters. The van der Waals surface area contributed by atoms with Gasteiger partial charge >= 0.3 is 5.97 Å². The van der Waals surface area contributed by atoms with Crippen LogP contribution in [0.1, 0.15) is 12.8 Å². The predicted octanol–water partition coefficient (Wildman–Crippen LogP) is 1.09. The largest absolute Gasteiger partial charge is 0.504 e. The maximum atomic E-state index is 12.0. The molecule has 20 heavy (non-hydrogen) atoms. The summed E-state index contributed by atoms with van der Waals surface area (Å²) in [5.41, 5.74) is 0. The van der Waals surface area contributed by atoms with Crippen LogP contribution in [0.4, 0.5) is 0 Å². The Bertz CT molecular complexity index is 502. The lowest BCUT2D eigenvalue weighted by molar-refractivity contribution is -0.146. The molecule has 1 unspecified atom stereocenters. The van der Waals surface area contributed by atoms with Gasteiger partial charge in [0.2, 0.25) is 0 Å². The Morgan fingerprint density at radius 1 is 1.35 bits per heavy atom. The minimum atomic E-state index is -0.871. The molecule has 2 N–H and O–H groups in total. The molecule has 1 aliphatic heterocycles. The molecule has 1 aliphatic rings. The third-order valence-corrected chi connectivity index (χ3v) is 3.34. The van der Waals surface area contributed by atoms with Gasteiger partial charge in [0.15, 0.2) is 18.1 Å². The van der Waals surface area contributed by atoms with Crippen LogP contribution >= 0.6 is 0 Å². The molecule has 1 aromatic rings. The van der Waals surface area contributed by atoms with Crippen molar-refractivity contribution in [3.05, 3.63) is 24.3 Å². The minimum absolute atomic E-state index is 0.0256. The first-order valence-corrected chi connectivity index (χ1v) is 6.49. The maximum Gasteiger partial charge on any atom is 0.308 e. The third-order valence-electron chi connectivity index (χ3n) is 3.34. The van der Waals surface area contributed by atoms with Crippen molar-refractivity contribution in [2.75, 3.05) is 19.7 Å². The standard InChI is InChI=1S/C14H17NO5/c16-11-5-1-2-6-12(11)20-9-13(17)15-7-3-4-10(8-15)14(18)19/h1-2,5-6,10,16H,3-4,7-9H2,(H,18,19). The van der Waals surface area contributed by atoms with Crippen LogP contribution in [0.5, 0.6) is 11.5 Å². The molecule has 0 aromatic heterocycles. The fourth-order valence-electron chi connectivity index (χ4n) is 2.22. The van der Waals surface area contributed by atoms with Crippen molar-refractivity contribution < 1.29 is 24.5 Å². The molecule has 1 fully saturated rings. The van der Waals surface area contributed by atoms with Gasteiger partial charge in [-0.3, -0.25) is 9.59 Å². The number of hydrogen-bond acceptors (Lipinski definition) is 4. The van der Waals surface area contributed by atoms with Gasteiger partial charge in [-0.1, -0.05) is 12.1 Å². The number of aliphatic carboxylic acids is 1. The number of para-hydroxylation sites is 2. The number of carbonyl (C=O) groups is 2. The highest BCUT2D eigenvalue weighted by Crippen LogP contribution is 2.24. The van der Waals surface area contributed by atoms with E-state index >= 15 is 0 Å². The third kappa shape index (κ3) is 3.40. The Hall–Kier alpha value is -2.24. The summed E-state index contributed by atoms with van der Waals surface area (Å²) in [7, 11) is 0. The average molecular weight is 279 g/mol. The molecular formula is C14H17NO5. The van der Waals surface area contributed by atoms with Gasteiger partial charge in [0, 0.05) is 13.1 Å². The van der Waals surface area contributed by atoms with E-state index in [1.54, 1.807) is 18.2 Å². The predicted molar refractivity (Wildman–Crippen MR) is 70.5 cm³/mol. The number of piperidine rings is 1. The van der Waals surface area contributed by atoms with E-state index in [0.29, 0.717) is 19.4 Å². The number of carbonyl (C=O) groups excluding carboxylic acids is 1. The summed E-state index contributed by atoms with van der Waals surface area (Å²) < 4.78 is 5.26. The second kappa shape index (κ2) is 6.27. The quantitative estimate of drug-likeness (QED) is 0.861. The van der Waals surface area contributed by atoms with E-state index in [1.165, 1.54) is 11.0 Å². The second-order valence-electron chi connectivity index (χ2n) is 4.77. The summed E-state index contributed by atoms with van der Waals surface area (Å²) in [4.78, 5) is 24.4. The highest BCUT2D eigenvalue weighted by molar-refractivity contribution is 5.79. The molecule has 0 spiro atoms. The molecular weight excluding hydrogens is 262 g/mol. The van der Waals surface area contributed by atoms with Crippen LogP contribution in [-0.4, -0.2) is 46.7 Å². The zero-order chi connectivity index (χ0) is 14.5. The van der Waals surface area contributed by atoms with E-state index < -0.39 is 11.9 Å². The van der Waals surface area contributed by atoms with Gasteiger partial charge in [0.05, 0.1) is 5.92 Å². The van der Waals surface area contributed by atoms with E-state index in [2.05, 4.69) is 0 Å². The smallest absolute Gasteiger partial charge is 0.308 e. The number of likely N-dealkylation sites (tertiary alicyclic amines) is 1. The van der Waals surface area contributed by atoms with Crippen LogP contribution in [0.25, 0.3) is 0 Å². The first-order valence-electron chi connectivity index (χ1n) is 6.49. The monoisotopic (exact) mass is 279 g/mol. The van der Waals surface area contributed by atoms with Crippen molar-refractivity contribution in [3.63, 3.8) is 0 Å². The molecule has 1 heterocycles. The first-order chi connectivity index (χ1) is 9.58. The Morgan fingerprint density at radius 2 is 2.10 bits per heavy atom. The molecule has 1 amide bonds. The highest BCUT2D eigenvalue weighted by Gasteiger charge is 2.28. The van der Waals surface area contributed by atoms with E-state index in [4.69, 9.17) is 9.84 Å². The lowest BCUT2D eigenvalue weighted by atomic mass is 9.98. The van der Waals surface area contributed by atoms with Crippen molar-refractivity contribution in [2.24, 2.45) is 5.92 Å². The molecule has 0 radical (unpaired) electrons. The number of nitrogens with zero attached hydrogens (tertiary/aromatic N) is 1. The highest BCUT2D eigenvalue weighted by atomic mass is 16.5. The van der Waals surface area contributed by atoms with E-state index in [1.807, 2.05) is 0 Å². The first kappa shape index (κ1) is 14.2. The van der Waals surface area contributed by atoms with Crippen LogP contribution in [0, 0.1) is 5.92 Å². The number of amides is 1. The Morgan fingerprint density at radius 3 is 2.80 bits per heavy atom. The van der Waals surface area contributed by atoms with Crippen LogP contribution < -0.4 is 4.74 Å². The second-order valence-corrected chi connectivity index (χ2v) is 4.77. The van der Waals surface area contributed by atoms with Gasteiger partial charge in [0.25, 0.3) is 5.91 Å². The number of aromatic hydroxyl groups is 1. The molecule has 1 saturated heterocycles. The van der Waals surface area contributed by atoms with Gasteiger partial charge in [-0.25, -0.2) is 0 Å². The lowest BCUT2D eigenvalue weighted by Crippen LogP contribution is -2.44. The summed E-state index contributed by atoms with van der Waals surface area (Å²) in [6.45, 7) is 0.564.